The summed E-state index contributed by atoms with van der Waals surface area (Å²) >= 11 is 0. The van der Waals surface area contributed by atoms with E-state index in [1.165, 1.54) is 11.1 Å². The minimum absolute atomic E-state index is 0.107. The van der Waals surface area contributed by atoms with Crippen LogP contribution in [-0.4, -0.2) is 37.5 Å². The Morgan fingerprint density at radius 2 is 1.19 bits per heavy atom. The Hall–Kier alpha value is -2.50. The molecular formula is C27H31NO3. The zero-order valence-electron chi connectivity index (χ0n) is 17.9. The second-order valence-corrected chi connectivity index (χ2v) is 8.10. The highest BCUT2D eigenvalue weighted by Gasteiger charge is 2.33. The van der Waals surface area contributed by atoms with E-state index in [0.717, 1.165) is 25.2 Å². The number of benzene rings is 3. The van der Waals surface area contributed by atoms with E-state index >= 15 is 0 Å². The number of nitrogens with zero attached hydrogens (tertiary/aromatic N) is 1. The highest BCUT2D eigenvalue weighted by atomic mass is 16.7. The van der Waals surface area contributed by atoms with Gasteiger partial charge in [-0.15, -0.1) is 0 Å². The SMILES string of the molecule is c1ccc(COCO[C@@H]2CN(Cc3ccccc3)C[C@@H]2COCc2ccccc2)cc1. The molecule has 4 heteroatoms. The molecule has 0 amide bonds. The van der Waals surface area contributed by atoms with E-state index in [9.17, 15) is 0 Å². The van der Waals surface area contributed by atoms with E-state index in [0.29, 0.717) is 32.5 Å². The average molecular weight is 418 g/mol. The summed E-state index contributed by atoms with van der Waals surface area (Å²) in [5, 5.41) is 0. The van der Waals surface area contributed by atoms with Crippen LogP contribution in [0, 0.1) is 5.92 Å². The fourth-order valence-corrected chi connectivity index (χ4v) is 4.02. The average Bonchev–Trinajstić information content (AvgIpc) is 3.20. The molecule has 0 unspecified atom stereocenters. The third kappa shape index (κ3) is 7.01. The van der Waals surface area contributed by atoms with E-state index in [-0.39, 0.29) is 6.10 Å². The summed E-state index contributed by atoms with van der Waals surface area (Å²) in [6.45, 7) is 4.97. The smallest absolute Gasteiger partial charge is 0.147 e. The van der Waals surface area contributed by atoms with Crippen LogP contribution in [0.5, 0.6) is 0 Å². The lowest BCUT2D eigenvalue weighted by Gasteiger charge is -2.19. The molecule has 0 aliphatic carbocycles. The van der Waals surface area contributed by atoms with Gasteiger partial charge in [0.15, 0.2) is 0 Å². The van der Waals surface area contributed by atoms with Crippen molar-refractivity contribution in [2.45, 2.75) is 25.9 Å². The van der Waals surface area contributed by atoms with Crippen LogP contribution in [0.3, 0.4) is 0 Å². The number of likely N-dealkylation sites (tertiary alicyclic amines) is 1. The molecule has 1 aliphatic heterocycles. The summed E-state index contributed by atoms with van der Waals surface area (Å²) in [4.78, 5) is 2.45. The molecule has 4 nitrogen and oxygen atoms in total. The Balaban J connectivity index is 1.28. The maximum absolute atomic E-state index is 6.16. The first-order valence-corrected chi connectivity index (χ1v) is 11.0. The molecule has 162 valence electrons. The highest BCUT2D eigenvalue weighted by molar-refractivity contribution is 5.15. The van der Waals surface area contributed by atoms with Gasteiger partial charge < -0.3 is 14.2 Å². The van der Waals surface area contributed by atoms with Gasteiger partial charge in [-0.05, 0) is 16.7 Å². The lowest BCUT2D eigenvalue weighted by Crippen LogP contribution is -2.27. The van der Waals surface area contributed by atoms with Gasteiger partial charge in [-0.3, -0.25) is 4.90 Å². The Bertz CT molecular complexity index is 873. The van der Waals surface area contributed by atoms with Crippen LogP contribution in [0.25, 0.3) is 0 Å². The molecule has 0 N–H and O–H groups in total. The molecule has 1 saturated heterocycles. The van der Waals surface area contributed by atoms with Gasteiger partial charge in [-0.2, -0.15) is 0 Å². The maximum Gasteiger partial charge on any atom is 0.147 e. The number of rotatable bonds is 11. The molecule has 31 heavy (non-hydrogen) atoms. The molecule has 2 atom stereocenters. The summed E-state index contributed by atoms with van der Waals surface area (Å²) < 4.78 is 18.0. The molecule has 0 bridgehead atoms. The van der Waals surface area contributed by atoms with Crippen molar-refractivity contribution in [3.05, 3.63) is 108 Å². The van der Waals surface area contributed by atoms with Gasteiger partial charge >= 0.3 is 0 Å². The van der Waals surface area contributed by atoms with Crippen LogP contribution in [0.2, 0.25) is 0 Å². The summed E-state index contributed by atoms with van der Waals surface area (Å²) in [6.07, 6.45) is 0.107. The van der Waals surface area contributed by atoms with Gasteiger partial charge in [-0.25, -0.2) is 0 Å². The van der Waals surface area contributed by atoms with Crippen LogP contribution in [0.15, 0.2) is 91.0 Å². The summed E-state index contributed by atoms with van der Waals surface area (Å²) in [5.74, 6) is 0.327. The highest BCUT2D eigenvalue weighted by Crippen LogP contribution is 2.23. The van der Waals surface area contributed by atoms with Crippen LogP contribution in [-0.2, 0) is 34.0 Å². The fraction of sp³-hybridized carbons (Fsp3) is 0.333. The van der Waals surface area contributed by atoms with Crippen LogP contribution in [0.4, 0.5) is 0 Å². The molecular weight excluding hydrogens is 386 g/mol. The minimum atomic E-state index is 0.107. The fourth-order valence-electron chi connectivity index (χ4n) is 4.02. The topological polar surface area (TPSA) is 30.9 Å². The van der Waals surface area contributed by atoms with E-state index in [1.54, 1.807) is 0 Å². The third-order valence-corrected chi connectivity index (χ3v) is 5.63. The molecule has 0 aromatic heterocycles. The van der Waals surface area contributed by atoms with Crippen molar-refractivity contribution in [2.75, 3.05) is 26.5 Å². The molecule has 0 radical (unpaired) electrons. The van der Waals surface area contributed by atoms with Crippen molar-refractivity contribution in [1.82, 2.24) is 4.90 Å². The van der Waals surface area contributed by atoms with Gasteiger partial charge in [0.05, 0.1) is 25.9 Å². The van der Waals surface area contributed by atoms with Crippen molar-refractivity contribution in [2.24, 2.45) is 5.92 Å². The summed E-state index contributed by atoms with van der Waals surface area (Å²) in [5.41, 5.74) is 3.68. The van der Waals surface area contributed by atoms with E-state index in [1.807, 2.05) is 36.4 Å². The summed E-state index contributed by atoms with van der Waals surface area (Å²) in [7, 11) is 0. The molecule has 0 spiro atoms. The first kappa shape index (κ1) is 21.7. The maximum atomic E-state index is 6.16. The lowest BCUT2D eigenvalue weighted by atomic mass is 10.1. The first-order valence-electron chi connectivity index (χ1n) is 11.0. The molecule has 3 aromatic rings. The minimum Gasteiger partial charge on any atom is -0.376 e. The standard InChI is InChI=1S/C27H31NO3/c1-4-10-23(11-5-1)16-28-17-26(21-29-19-24-12-6-2-7-13-24)27(18-28)31-22-30-20-25-14-8-3-9-15-25/h1-15,26-27H,16-22H2/t26-,27-/m1/s1. The zero-order chi connectivity index (χ0) is 21.1. The Kier molecular flexibility index (Phi) is 8.25. The van der Waals surface area contributed by atoms with Crippen LogP contribution in [0.1, 0.15) is 16.7 Å². The number of hydrogen-bond donors (Lipinski definition) is 0. The van der Waals surface area contributed by atoms with Crippen molar-refractivity contribution >= 4 is 0 Å². The largest absolute Gasteiger partial charge is 0.376 e. The Labute approximate surface area is 185 Å². The molecule has 4 rings (SSSR count). The van der Waals surface area contributed by atoms with Gasteiger partial charge in [0.25, 0.3) is 0 Å². The second-order valence-electron chi connectivity index (χ2n) is 8.10. The number of hydrogen-bond acceptors (Lipinski definition) is 4. The molecule has 1 aliphatic rings. The lowest BCUT2D eigenvalue weighted by molar-refractivity contribution is -0.109. The molecule has 0 saturated carbocycles. The Morgan fingerprint density at radius 1 is 0.645 bits per heavy atom. The van der Waals surface area contributed by atoms with Crippen molar-refractivity contribution in [3.63, 3.8) is 0 Å². The molecule has 1 fully saturated rings. The molecule has 3 aromatic carbocycles. The van der Waals surface area contributed by atoms with E-state index in [2.05, 4.69) is 59.5 Å². The Morgan fingerprint density at radius 3 is 1.81 bits per heavy atom. The number of ether oxygens (including phenoxy) is 3. The predicted molar refractivity (Wildman–Crippen MR) is 122 cm³/mol. The van der Waals surface area contributed by atoms with Crippen molar-refractivity contribution in [3.8, 4) is 0 Å². The van der Waals surface area contributed by atoms with E-state index < -0.39 is 0 Å². The predicted octanol–water partition coefficient (Wildman–Crippen LogP) is 4.89. The normalized spacial score (nSPS) is 19.0. The summed E-state index contributed by atoms with van der Waals surface area (Å²) in [6, 6.07) is 31.1. The zero-order valence-corrected chi connectivity index (χ0v) is 17.9. The molecule has 1 heterocycles. The van der Waals surface area contributed by atoms with E-state index in [4.69, 9.17) is 14.2 Å². The van der Waals surface area contributed by atoms with Gasteiger partial charge in [0.2, 0.25) is 0 Å². The van der Waals surface area contributed by atoms with Gasteiger partial charge in [-0.1, -0.05) is 91.0 Å². The van der Waals surface area contributed by atoms with Gasteiger partial charge in [0.1, 0.15) is 6.79 Å². The van der Waals surface area contributed by atoms with Crippen LogP contribution < -0.4 is 0 Å². The monoisotopic (exact) mass is 417 g/mol. The quantitative estimate of drug-likeness (QED) is 0.328. The van der Waals surface area contributed by atoms with Crippen LogP contribution >= 0.6 is 0 Å². The van der Waals surface area contributed by atoms with Crippen molar-refractivity contribution < 1.29 is 14.2 Å². The first-order chi connectivity index (χ1) is 15.4. The third-order valence-electron chi connectivity index (χ3n) is 5.63. The van der Waals surface area contributed by atoms with Gasteiger partial charge in [0, 0.05) is 25.6 Å². The van der Waals surface area contributed by atoms with Crippen molar-refractivity contribution in [1.29, 1.82) is 0 Å². The second kappa shape index (κ2) is 11.8.